The molecule has 0 aliphatic carbocycles. The molecule has 176 valence electrons. The molecule has 3 heterocycles. The average molecular weight is 461 g/mol. The number of nitrogens with two attached hydrogens (primary N) is 1. The molecule has 1 saturated heterocycles. The fraction of sp³-hybridized carbons (Fsp3) is 0.320. The van der Waals surface area contributed by atoms with Gasteiger partial charge in [-0.25, -0.2) is 4.68 Å². The number of hydrogen-bond donors (Lipinski definition) is 2. The van der Waals surface area contributed by atoms with Crippen LogP contribution < -0.4 is 11.1 Å². The summed E-state index contributed by atoms with van der Waals surface area (Å²) in [5, 5.41) is 7.07. The van der Waals surface area contributed by atoms with Crippen LogP contribution in [0.25, 0.3) is 5.69 Å². The highest BCUT2D eigenvalue weighted by molar-refractivity contribution is 6.39. The van der Waals surface area contributed by atoms with Crippen LogP contribution >= 0.6 is 0 Å². The molecule has 1 aliphatic heterocycles. The Morgan fingerprint density at radius 3 is 2.44 bits per heavy atom. The Kier molecular flexibility index (Phi) is 6.45. The molecule has 2 atom stereocenters. The van der Waals surface area contributed by atoms with Crippen molar-refractivity contribution in [3.8, 4) is 5.69 Å². The lowest BCUT2D eigenvalue weighted by molar-refractivity contribution is -0.146. The molecule has 0 spiro atoms. The summed E-state index contributed by atoms with van der Waals surface area (Å²) in [6.45, 7) is 6.51. The number of anilines is 1. The fourth-order valence-corrected chi connectivity index (χ4v) is 4.41. The lowest BCUT2D eigenvalue weighted by Crippen LogP contribution is -2.46. The molecule has 0 unspecified atom stereocenters. The van der Waals surface area contributed by atoms with Gasteiger partial charge < -0.3 is 16.0 Å². The van der Waals surface area contributed by atoms with E-state index in [9.17, 15) is 14.4 Å². The van der Waals surface area contributed by atoms with Crippen molar-refractivity contribution in [3.05, 3.63) is 71.3 Å². The van der Waals surface area contributed by atoms with E-state index in [-0.39, 0.29) is 23.2 Å². The van der Waals surface area contributed by atoms with Crippen molar-refractivity contribution in [3.63, 3.8) is 0 Å². The van der Waals surface area contributed by atoms with Gasteiger partial charge in [-0.15, -0.1) is 0 Å². The van der Waals surface area contributed by atoms with Crippen molar-refractivity contribution in [2.45, 2.75) is 39.7 Å². The third kappa shape index (κ3) is 4.83. The largest absolute Gasteiger partial charge is 0.366 e. The van der Waals surface area contributed by atoms with E-state index in [4.69, 9.17) is 5.73 Å². The molecule has 34 heavy (non-hydrogen) atoms. The molecule has 3 N–H and O–H groups in total. The molecule has 0 radical (unpaired) electrons. The number of likely N-dealkylation sites (tertiary alicyclic amines) is 1. The van der Waals surface area contributed by atoms with Gasteiger partial charge in [-0.3, -0.25) is 19.4 Å². The Balaban J connectivity index is 1.54. The first-order chi connectivity index (χ1) is 16.2. The quantitative estimate of drug-likeness (QED) is 0.580. The summed E-state index contributed by atoms with van der Waals surface area (Å²) >= 11 is 0. The van der Waals surface area contributed by atoms with Gasteiger partial charge in [-0.05, 0) is 62.4 Å². The first-order valence-electron chi connectivity index (χ1n) is 11.2. The number of primary amides is 1. The maximum absolute atomic E-state index is 13.2. The smallest absolute Gasteiger partial charge is 0.313 e. The second kappa shape index (κ2) is 9.46. The van der Waals surface area contributed by atoms with E-state index in [0.29, 0.717) is 6.54 Å². The van der Waals surface area contributed by atoms with Crippen LogP contribution in [-0.2, 0) is 9.59 Å². The van der Waals surface area contributed by atoms with E-state index in [2.05, 4.69) is 22.3 Å². The summed E-state index contributed by atoms with van der Waals surface area (Å²) < 4.78 is 1.88. The highest BCUT2D eigenvalue weighted by Crippen LogP contribution is 2.34. The van der Waals surface area contributed by atoms with E-state index in [1.54, 1.807) is 4.90 Å². The Labute approximate surface area is 198 Å². The number of aromatic nitrogens is 3. The van der Waals surface area contributed by atoms with E-state index < -0.39 is 17.7 Å². The first-order valence-corrected chi connectivity index (χ1v) is 11.2. The molecule has 3 amide bonds. The topological polar surface area (TPSA) is 123 Å². The van der Waals surface area contributed by atoms with Crippen LogP contribution in [0.4, 0.5) is 5.69 Å². The number of rotatable bonds is 4. The zero-order valence-corrected chi connectivity index (χ0v) is 19.5. The van der Waals surface area contributed by atoms with Crippen LogP contribution in [0.1, 0.15) is 53.1 Å². The van der Waals surface area contributed by atoms with Gasteiger partial charge in [0.25, 0.3) is 0 Å². The van der Waals surface area contributed by atoms with Crippen LogP contribution in [0.3, 0.4) is 0 Å². The second-order valence-corrected chi connectivity index (χ2v) is 8.87. The van der Waals surface area contributed by atoms with Crippen LogP contribution in [0.15, 0.2) is 48.8 Å². The lowest BCUT2D eigenvalue weighted by Gasteiger charge is -2.38. The van der Waals surface area contributed by atoms with Crippen molar-refractivity contribution < 1.29 is 14.4 Å². The van der Waals surface area contributed by atoms with Gasteiger partial charge >= 0.3 is 11.8 Å². The van der Waals surface area contributed by atoms with Crippen LogP contribution in [0, 0.1) is 19.8 Å². The highest BCUT2D eigenvalue weighted by Gasteiger charge is 2.34. The molecule has 0 bridgehead atoms. The van der Waals surface area contributed by atoms with Gasteiger partial charge in [-0.2, -0.15) is 5.10 Å². The van der Waals surface area contributed by atoms with Crippen molar-refractivity contribution in [2.24, 2.45) is 11.7 Å². The average Bonchev–Trinajstić information content (AvgIpc) is 3.16. The number of pyridine rings is 1. The van der Waals surface area contributed by atoms with E-state index in [1.807, 2.05) is 48.9 Å². The number of nitrogens with one attached hydrogen (secondary N) is 1. The monoisotopic (exact) mass is 460 g/mol. The highest BCUT2D eigenvalue weighted by atomic mass is 16.2. The van der Waals surface area contributed by atoms with Gasteiger partial charge in [0.15, 0.2) is 0 Å². The Morgan fingerprint density at radius 2 is 1.79 bits per heavy atom. The minimum atomic E-state index is -0.776. The number of benzene rings is 1. The zero-order chi connectivity index (χ0) is 24.4. The summed E-state index contributed by atoms with van der Waals surface area (Å²) in [7, 11) is 0. The zero-order valence-electron chi connectivity index (χ0n) is 19.5. The molecule has 1 aliphatic rings. The van der Waals surface area contributed by atoms with Crippen LogP contribution in [-0.4, -0.2) is 43.9 Å². The Hall–Kier alpha value is -4.01. The van der Waals surface area contributed by atoms with Gasteiger partial charge in [-0.1, -0.05) is 19.1 Å². The lowest BCUT2D eigenvalue weighted by atomic mass is 9.89. The first kappa shape index (κ1) is 23.2. The summed E-state index contributed by atoms with van der Waals surface area (Å²) in [5.41, 5.74) is 9.56. The number of nitrogens with zero attached hydrogens (tertiary/aromatic N) is 4. The Bertz CT molecular complexity index is 1230. The van der Waals surface area contributed by atoms with Gasteiger partial charge in [0.05, 0.1) is 34.9 Å². The third-order valence-corrected chi connectivity index (χ3v) is 6.09. The molecule has 2 aromatic heterocycles. The number of amides is 3. The van der Waals surface area contributed by atoms with Crippen molar-refractivity contribution >= 4 is 23.4 Å². The van der Waals surface area contributed by atoms with E-state index in [1.165, 1.54) is 18.5 Å². The molecular weight excluding hydrogens is 432 g/mol. The molecule has 1 aromatic carbocycles. The summed E-state index contributed by atoms with van der Waals surface area (Å²) in [4.78, 5) is 42.9. The molecule has 0 saturated carbocycles. The van der Waals surface area contributed by atoms with Crippen molar-refractivity contribution in [1.29, 1.82) is 0 Å². The molecule has 4 rings (SSSR count). The van der Waals surface area contributed by atoms with Gasteiger partial charge in [0, 0.05) is 18.4 Å². The molecule has 9 heteroatoms. The number of aryl methyl sites for hydroxylation is 2. The number of hydrogen-bond acceptors (Lipinski definition) is 5. The van der Waals surface area contributed by atoms with Gasteiger partial charge in [0.2, 0.25) is 5.91 Å². The summed E-state index contributed by atoms with van der Waals surface area (Å²) in [6, 6.07) is 11.2. The Morgan fingerprint density at radius 1 is 1.06 bits per heavy atom. The number of piperidine rings is 1. The summed E-state index contributed by atoms with van der Waals surface area (Å²) in [5.74, 6) is -1.78. The number of carbonyl (C=O) groups excluding carboxylic acids is 3. The molecular formula is C25H28N6O3. The maximum Gasteiger partial charge on any atom is 0.313 e. The van der Waals surface area contributed by atoms with E-state index in [0.717, 1.165) is 35.5 Å². The van der Waals surface area contributed by atoms with Crippen molar-refractivity contribution in [1.82, 2.24) is 19.7 Å². The molecule has 1 fully saturated rings. The molecule has 9 nitrogen and oxygen atoms in total. The van der Waals surface area contributed by atoms with Crippen LogP contribution in [0.2, 0.25) is 0 Å². The summed E-state index contributed by atoms with van der Waals surface area (Å²) in [6.07, 6.45) is 4.39. The molecule has 3 aromatic rings. The second-order valence-electron chi connectivity index (χ2n) is 8.87. The fourth-order valence-electron chi connectivity index (χ4n) is 4.41. The van der Waals surface area contributed by atoms with E-state index >= 15 is 0 Å². The predicted octanol–water partition coefficient (Wildman–Crippen LogP) is 2.92. The SMILES string of the molecule is Cc1cc(C)n(-c2ccc([C@H]3CC[C@H](C)CN3C(=O)C(=O)Nc3cncc(C(N)=O)c3)cc2)n1. The standard InChI is InChI=1S/C25H28N6O3/c1-15-4-9-22(18-5-7-21(8-6-18)31-17(3)10-16(2)29-31)30(14-15)25(34)24(33)28-20-11-19(23(26)32)12-27-13-20/h5-8,10-13,15,22H,4,9,14H2,1-3H3,(H2,26,32)(H,28,33)/t15-,22+/m0/s1. The minimum absolute atomic E-state index is 0.150. The van der Waals surface area contributed by atoms with Gasteiger partial charge in [0.1, 0.15) is 0 Å². The number of carbonyl (C=O) groups is 3. The van der Waals surface area contributed by atoms with Crippen molar-refractivity contribution in [2.75, 3.05) is 11.9 Å². The normalized spacial score (nSPS) is 17.9. The predicted molar refractivity (Wildman–Crippen MR) is 127 cm³/mol. The third-order valence-electron chi connectivity index (χ3n) is 6.09. The maximum atomic E-state index is 13.2. The minimum Gasteiger partial charge on any atom is -0.366 e. The van der Waals surface area contributed by atoms with Crippen LogP contribution in [0.5, 0.6) is 0 Å².